The minimum atomic E-state index is 0.0809. The van der Waals surface area contributed by atoms with Crippen LogP contribution in [0.15, 0.2) is 24.3 Å². The average Bonchev–Trinajstić information content (AvgIpc) is 2.25. The molecule has 1 aromatic rings. The first-order valence-electron chi connectivity index (χ1n) is 5.68. The van der Waals surface area contributed by atoms with Crippen LogP contribution < -0.4 is 15.4 Å². The van der Waals surface area contributed by atoms with Crippen molar-refractivity contribution < 1.29 is 4.74 Å². The third kappa shape index (κ3) is 3.42. The summed E-state index contributed by atoms with van der Waals surface area (Å²) in [4.78, 5) is 2.06. The second kappa shape index (κ2) is 5.75. The quantitative estimate of drug-likeness (QED) is 0.829. The fraction of sp³-hybridized carbons (Fsp3) is 0.538. The second-order valence-electron chi connectivity index (χ2n) is 4.53. The maximum atomic E-state index is 5.86. The Morgan fingerprint density at radius 1 is 1.31 bits per heavy atom. The molecule has 3 nitrogen and oxygen atoms in total. The van der Waals surface area contributed by atoms with Crippen LogP contribution in [0.3, 0.4) is 0 Å². The van der Waals surface area contributed by atoms with Crippen LogP contribution in [-0.4, -0.2) is 26.7 Å². The lowest BCUT2D eigenvalue weighted by molar-refractivity contribution is 0.159. The Bertz CT molecular complexity index is 323. The van der Waals surface area contributed by atoms with Crippen molar-refractivity contribution in [3.8, 4) is 5.75 Å². The molecule has 0 aliphatic carbocycles. The zero-order valence-corrected chi connectivity index (χ0v) is 10.6. The minimum absolute atomic E-state index is 0.0809. The molecule has 1 atom stereocenters. The molecule has 0 bridgehead atoms. The van der Waals surface area contributed by atoms with Crippen LogP contribution >= 0.6 is 0 Å². The molecule has 0 aliphatic rings. The van der Waals surface area contributed by atoms with Gasteiger partial charge in [-0.15, -0.1) is 0 Å². The zero-order chi connectivity index (χ0) is 12.1. The third-order valence-electron chi connectivity index (χ3n) is 2.60. The van der Waals surface area contributed by atoms with Crippen molar-refractivity contribution in [1.29, 1.82) is 0 Å². The summed E-state index contributed by atoms with van der Waals surface area (Å²) in [6.45, 7) is 4.78. The van der Waals surface area contributed by atoms with E-state index in [1.165, 1.54) is 0 Å². The highest BCUT2D eigenvalue weighted by Crippen LogP contribution is 2.21. The Morgan fingerprint density at radius 2 is 2.00 bits per heavy atom. The smallest absolute Gasteiger partial charge is 0.121 e. The maximum Gasteiger partial charge on any atom is 0.121 e. The van der Waals surface area contributed by atoms with Gasteiger partial charge in [-0.3, -0.25) is 0 Å². The number of hydrogen-bond acceptors (Lipinski definition) is 3. The topological polar surface area (TPSA) is 38.5 Å². The van der Waals surface area contributed by atoms with Crippen molar-refractivity contribution in [3.05, 3.63) is 24.3 Å². The molecular weight excluding hydrogens is 200 g/mol. The molecule has 16 heavy (non-hydrogen) atoms. The van der Waals surface area contributed by atoms with E-state index in [2.05, 4.69) is 24.8 Å². The van der Waals surface area contributed by atoms with Crippen molar-refractivity contribution in [1.82, 2.24) is 0 Å². The van der Waals surface area contributed by atoms with Crippen LogP contribution in [0.4, 0.5) is 5.69 Å². The van der Waals surface area contributed by atoms with Gasteiger partial charge in [0.15, 0.2) is 0 Å². The number of nitrogens with two attached hydrogens (primary N) is 1. The van der Waals surface area contributed by atoms with E-state index in [0.29, 0.717) is 12.5 Å². The molecule has 1 unspecified atom stereocenters. The summed E-state index contributed by atoms with van der Waals surface area (Å²) in [6.07, 6.45) is 0.0809. The number of rotatable bonds is 5. The monoisotopic (exact) mass is 222 g/mol. The van der Waals surface area contributed by atoms with Gasteiger partial charge >= 0.3 is 0 Å². The molecule has 0 fully saturated rings. The van der Waals surface area contributed by atoms with Crippen LogP contribution in [0.5, 0.6) is 5.75 Å². The normalized spacial score (nSPS) is 12.6. The van der Waals surface area contributed by atoms with E-state index in [0.717, 1.165) is 11.4 Å². The first-order chi connectivity index (χ1) is 7.54. The molecule has 0 spiro atoms. The van der Waals surface area contributed by atoms with Crippen LogP contribution in [-0.2, 0) is 0 Å². The SMILES string of the molecule is CC(C)C(CN)Oc1cccc(N(C)C)c1. The molecule has 0 amide bonds. The lowest BCUT2D eigenvalue weighted by Crippen LogP contribution is -2.31. The van der Waals surface area contributed by atoms with Gasteiger partial charge in [0.2, 0.25) is 0 Å². The molecule has 0 saturated heterocycles. The Morgan fingerprint density at radius 3 is 2.50 bits per heavy atom. The zero-order valence-electron chi connectivity index (χ0n) is 10.6. The number of nitrogens with zero attached hydrogens (tertiary/aromatic N) is 1. The summed E-state index contributed by atoms with van der Waals surface area (Å²) >= 11 is 0. The Balaban J connectivity index is 2.76. The van der Waals surface area contributed by atoms with E-state index in [1.807, 2.05) is 32.3 Å². The maximum absolute atomic E-state index is 5.86. The highest BCUT2D eigenvalue weighted by atomic mass is 16.5. The number of hydrogen-bond donors (Lipinski definition) is 1. The van der Waals surface area contributed by atoms with Crippen molar-refractivity contribution in [2.45, 2.75) is 20.0 Å². The molecular formula is C13H22N2O. The van der Waals surface area contributed by atoms with E-state index in [4.69, 9.17) is 10.5 Å². The van der Waals surface area contributed by atoms with Crippen molar-refractivity contribution in [2.75, 3.05) is 25.5 Å². The Kier molecular flexibility index (Phi) is 4.62. The summed E-state index contributed by atoms with van der Waals surface area (Å²) in [5.41, 5.74) is 6.82. The highest BCUT2D eigenvalue weighted by Gasteiger charge is 2.13. The summed E-state index contributed by atoms with van der Waals surface area (Å²) in [5, 5.41) is 0. The first-order valence-corrected chi connectivity index (χ1v) is 5.68. The van der Waals surface area contributed by atoms with Crippen LogP contribution in [0.1, 0.15) is 13.8 Å². The predicted octanol–water partition coefficient (Wildman–Crippen LogP) is 2.11. The fourth-order valence-corrected chi connectivity index (χ4v) is 1.47. The fourth-order valence-electron chi connectivity index (χ4n) is 1.47. The molecule has 1 aromatic carbocycles. The van der Waals surface area contributed by atoms with Gasteiger partial charge in [-0.05, 0) is 18.1 Å². The predicted molar refractivity (Wildman–Crippen MR) is 69.1 cm³/mol. The van der Waals surface area contributed by atoms with Crippen LogP contribution in [0, 0.1) is 5.92 Å². The van der Waals surface area contributed by atoms with Crippen molar-refractivity contribution in [2.24, 2.45) is 11.7 Å². The molecule has 0 heterocycles. The molecule has 1 rings (SSSR count). The molecule has 0 radical (unpaired) electrons. The summed E-state index contributed by atoms with van der Waals surface area (Å²) in [7, 11) is 4.03. The number of ether oxygens (including phenoxy) is 1. The van der Waals surface area contributed by atoms with Crippen molar-refractivity contribution in [3.63, 3.8) is 0 Å². The molecule has 3 heteroatoms. The number of benzene rings is 1. The largest absolute Gasteiger partial charge is 0.489 e. The highest BCUT2D eigenvalue weighted by molar-refractivity contribution is 5.49. The first kappa shape index (κ1) is 12.8. The standard InChI is InChI=1S/C13H22N2O/c1-10(2)13(9-14)16-12-7-5-6-11(8-12)15(3)4/h5-8,10,13H,9,14H2,1-4H3. The second-order valence-corrected chi connectivity index (χ2v) is 4.53. The van der Waals surface area contributed by atoms with Gasteiger partial charge in [0.1, 0.15) is 11.9 Å². The Labute approximate surface area is 98.2 Å². The average molecular weight is 222 g/mol. The Hall–Kier alpha value is -1.22. The molecule has 0 aliphatic heterocycles. The molecule has 90 valence electrons. The van der Waals surface area contributed by atoms with Crippen LogP contribution in [0.2, 0.25) is 0 Å². The molecule has 0 saturated carbocycles. The van der Waals surface area contributed by atoms with Crippen molar-refractivity contribution >= 4 is 5.69 Å². The van der Waals surface area contributed by atoms with Gasteiger partial charge in [0.25, 0.3) is 0 Å². The van der Waals surface area contributed by atoms with Gasteiger partial charge < -0.3 is 15.4 Å². The van der Waals surface area contributed by atoms with E-state index >= 15 is 0 Å². The third-order valence-corrected chi connectivity index (χ3v) is 2.60. The molecule has 0 aromatic heterocycles. The van der Waals surface area contributed by atoms with Gasteiger partial charge in [0.05, 0.1) is 0 Å². The number of anilines is 1. The lowest BCUT2D eigenvalue weighted by Gasteiger charge is -2.22. The minimum Gasteiger partial charge on any atom is -0.489 e. The summed E-state index contributed by atoms with van der Waals surface area (Å²) < 4.78 is 5.86. The summed E-state index contributed by atoms with van der Waals surface area (Å²) in [5.74, 6) is 1.31. The van der Waals surface area contributed by atoms with Gasteiger partial charge in [0, 0.05) is 32.4 Å². The molecule has 2 N–H and O–H groups in total. The van der Waals surface area contributed by atoms with E-state index < -0.39 is 0 Å². The van der Waals surface area contributed by atoms with Gasteiger partial charge in [-0.2, -0.15) is 0 Å². The van der Waals surface area contributed by atoms with Gasteiger partial charge in [-0.1, -0.05) is 19.9 Å². The van der Waals surface area contributed by atoms with E-state index in [9.17, 15) is 0 Å². The van der Waals surface area contributed by atoms with Gasteiger partial charge in [-0.25, -0.2) is 0 Å². The van der Waals surface area contributed by atoms with E-state index in [-0.39, 0.29) is 6.10 Å². The summed E-state index contributed by atoms with van der Waals surface area (Å²) in [6, 6.07) is 8.06. The lowest BCUT2D eigenvalue weighted by atomic mass is 10.1. The van der Waals surface area contributed by atoms with E-state index in [1.54, 1.807) is 0 Å². The van der Waals surface area contributed by atoms with Crippen LogP contribution in [0.25, 0.3) is 0 Å².